The van der Waals surface area contributed by atoms with Crippen LogP contribution in [0.2, 0.25) is 0 Å². The Balaban J connectivity index is 1.05. The van der Waals surface area contributed by atoms with E-state index < -0.39 is 0 Å². The van der Waals surface area contributed by atoms with Crippen LogP contribution in [0.5, 0.6) is 0 Å². The van der Waals surface area contributed by atoms with Crippen molar-refractivity contribution >= 4 is 75.4 Å². The lowest BCUT2D eigenvalue weighted by Crippen LogP contribution is -2.00. The summed E-state index contributed by atoms with van der Waals surface area (Å²) in [6.45, 7) is 0. The average molecular weight is 748 g/mol. The van der Waals surface area contributed by atoms with Gasteiger partial charge in [0, 0.05) is 75.1 Å². The van der Waals surface area contributed by atoms with Gasteiger partial charge in [-0.25, -0.2) is 15.0 Å². The smallest absolute Gasteiger partial charge is 0.167 e. The number of aromatic nitrogens is 3. The van der Waals surface area contributed by atoms with Gasteiger partial charge in [-0.1, -0.05) is 164 Å². The second-order valence-electron chi connectivity index (χ2n) is 14.3. The first-order chi connectivity index (χ1) is 28.3. The zero-order valence-corrected chi connectivity index (χ0v) is 31.1. The van der Waals surface area contributed by atoms with Crippen molar-refractivity contribution in [2.24, 2.45) is 0 Å². The monoisotopic (exact) mass is 747 g/mol. The van der Waals surface area contributed by atoms with Crippen LogP contribution < -0.4 is 0 Å². The van der Waals surface area contributed by atoms with Gasteiger partial charge in [0.05, 0.1) is 5.56 Å². The number of rotatable bonds is 5. The van der Waals surface area contributed by atoms with Gasteiger partial charge in [-0.3, -0.25) is 0 Å². The highest BCUT2D eigenvalue weighted by atomic mass is 32.1. The Morgan fingerprint density at radius 2 is 0.684 bits per heavy atom. The van der Waals surface area contributed by atoms with Gasteiger partial charge in [-0.15, -0.1) is 11.3 Å². The Labute approximate surface area is 330 Å². The minimum atomic E-state index is 0.550. The van der Waals surface area contributed by atoms with Gasteiger partial charge < -0.3 is 8.83 Å². The minimum absolute atomic E-state index is 0.550. The molecule has 0 radical (unpaired) electrons. The number of thiophene rings is 1. The third-order valence-corrected chi connectivity index (χ3v) is 12.2. The van der Waals surface area contributed by atoms with E-state index in [9.17, 15) is 0 Å². The van der Waals surface area contributed by atoms with E-state index in [1.54, 1.807) is 0 Å². The first kappa shape index (κ1) is 31.9. The fraction of sp³-hybridized carbons (Fsp3) is 0. The van der Waals surface area contributed by atoms with Crippen molar-refractivity contribution in [2.75, 3.05) is 0 Å². The van der Waals surface area contributed by atoms with Crippen LogP contribution in [-0.2, 0) is 0 Å². The summed E-state index contributed by atoms with van der Waals surface area (Å²) < 4.78 is 16.5. The quantitative estimate of drug-likeness (QED) is 0.175. The van der Waals surface area contributed by atoms with E-state index >= 15 is 0 Å². The topological polar surface area (TPSA) is 65.0 Å². The minimum Gasteiger partial charge on any atom is -0.455 e. The molecule has 266 valence electrons. The summed E-state index contributed by atoms with van der Waals surface area (Å²) in [5.74, 6) is 1.76. The number of benzene rings is 8. The molecule has 57 heavy (non-hydrogen) atoms. The third kappa shape index (κ3) is 4.98. The molecule has 0 aliphatic heterocycles. The van der Waals surface area contributed by atoms with Gasteiger partial charge in [0.25, 0.3) is 0 Å². The van der Waals surface area contributed by atoms with Crippen molar-refractivity contribution in [2.45, 2.75) is 0 Å². The molecule has 5 nitrogen and oxygen atoms in total. The van der Waals surface area contributed by atoms with Gasteiger partial charge in [-0.2, -0.15) is 0 Å². The second kappa shape index (κ2) is 12.6. The molecule has 0 amide bonds. The van der Waals surface area contributed by atoms with Gasteiger partial charge in [0.2, 0.25) is 0 Å². The Bertz CT molecular complexity index is 3470. The van der Waals surface area contributed by atoms with Crippen molar-refractivity contribution < 1.29 is 8.83 Å². The molecule has 0 N–H and O–H groups in total. The SMILES string of the molecule is c1ccc(-c2nc(-c3ccccc3)nc(-c3cccc4c3oc3c(-c5cccc6c5oc5c(-c7cccc8c7sc7ccccc78)cccc56)cccc34)n2)cc1. The van der Waals surface area contributed by atoms with Crippen LogP contribution in [0.25, 0.3) is 120 Å². The van der Waals surface area contributed by atoms with Gasteiger partial charge in [0.15, 0.2) is 17.5 Å². The fourth-order valence-corrected chi connectivity index (χ4v) is 9.57. The molecule has 12 rings (SSSR count). The van der Waals surface area contributed by atoms with Crippen LogP contribution in [0.1, 0.15) is 0 Å². The number of hydrogen-bond donors (Lipinski definition) is 0. The van der Waals surface area contributed by atoms with Crippen molar-refractivity contribution in [3.63, 3.8) is 0 Å². The van der Waals surface area contributed by atoms with E-state index in [-0.39, 0.29) is 0 Å². The molecule has 6 heteroatoms. The standard InChI is InChI=1S/C51H29N3O2S/c1-3-14-30(15-4-1)49-52-50(31-16-5-2-6-17-31)54-51(53-49)42-28-12-24-38-37-22-10-20-34(45(37)56-47(38)42)33-19-9-21-35-36-23-11-25-39(46(36)55-44(33)35)41-27-13-26-40-32-18-7-8-29-43(32)57-48(40)41/h1-29H. The normalized spacial score (nSPS) is 11.9. The van der Waals surface area contributed by atoms with E-state index in [0.717, 1.165) is 77.3 Å². The van der Waals surface area contributed by atoms with E-state index in [0.29, 0.717) is 17.5 Å². The first-order valence-electron chi connectivity index (χ1n) is 18.9. The van der Waals surface area contributed by atoms with Gasteiger partial charge >= 0.3 is 0 Å². The lowest BCUT2D eigenvalue weighted by molar-refractivity contribution is 0.666. The highest BCUT2D eigenvalue weighted by Crippen LogP contribution is 2.46. The van der Waals surface area contributed by atoms with Crippen LogP contribution in [0, 0.1) is 0 Å². The molecule has 0 saturated carbocycles. The number of hydrogen-bond acceptors (Lipinski definition) is 6. The predicted octanol–water partition coefficient (Wildman–Crippen LogP) is 14.4. The molecule has 12 aromatic rings. The Hall–Kier alpha value is -7.41. The summed E-state index contributed by atoms with van der Waals surface area (Å²) in [4.78, 5) is 15.0. The molecule has 4 heterocycles. The van der Waals surface area contributed by atoms with E-state index in [1.165, 1.54) is 25.7 Å². The molecule has 0 bridgehead atoms. The van der Waals surface area contributed by atoms with Crippen molar-refractivity contribution in [1.29, 1.82) is 0 Å². The molecule has 4 aromatic heterocycles. The maximum Gasteiger partial charge on any atom is 0.167 e. The van der Waals surface area contributed by atoms with E-state index in [2.05, 4.69) is 103 Å². The van der Waals surface area contributed by atoms with Crippen LogP contribution in [0.4, 0.5) is 0 Å². The number of furan rings is 2. The zero-order chi connectivity index (χ0) is 37.5. The third-order valence-electron chi connectivity index (χ3n) is 11.0. The Morgan fingerprint density at radius 1 is 0.298 bits per heavy atom. The molecule has 0 aliphatic rings. The molecular weight excluding hydrogens is 719 g/mol. The highest BCUT2D eigenvalue weighted by Gasteiger charge is 2.22. The molecule has 8 aromatic carbocycles. The largest absolute Gasteiger partial charge is 0.455 e. The first-order valence-corrected chi connectivity index (χ1v) is 19.8. The number of nitrogens with zero attached hydrogens (tertiary/aromatic N) is 3. The van der Waals surface area contributed by atoms with Crippen LogP contribution in [-0.4, -0.2) is 15.0 Å². The molecule has 0 unspecified atom stereocenters. The molecule has 0 aliphatic carbocycles. The maximum atomic E-state index is 7.01. The van der Waals surface area contributed by atoms with Gasteiger partial charge in [0.1, 0.15) is 22.3 Å². The molecule has 0 spiro atoms. The molecule has 0 saturated heterocycles. The van der Waals surface area contributed by atoms with E-state index in [4.69, 9.17) is 23.8 Å². The summed E-state index contributed by atoms with van der Waals surface area (Å²) in [5.41, 5.74) is 10.0. The molecular formula is C51H29N3O2S. The zero-order valence-electron chi connectivity index (χ0n) is 30.3. The lowest BCUT2D eigenvalue weighted by atomic mass is 9.98. The lowest BCUT2D eigenvalue weighted by Gasteiger charge is -2.08. The Morgan fingerprint density at radius 3 is 1.23 bits per heavy atom. The van der Waals surface area contributed by atoms with Crippen molar-refractivity contribution in [3.8, 4) is 56.4 Å². The van der Waals surface area contributed by atoms with Gasteiger partial charge in [-0.05, 0) is 12.1 Å². The average Bonchev–Trinajstić information content (AvgIpc) is 3.98. The number of para-hydroxylation sites is 4. The fourth-order valence-electron chi connectivity index (χ4n) is 8.34. The van der Waals surface area contributed by atoms with Crippen LogP contribution in [0.15, 0.2) is 185 Å². The summed E-state index contributed by atoms with van der Waals surface area (Å²) in [6, 6.07) is 60.7. The van der Waals surface area contributed by atoms with Crippen LogP contribution in [0.3, 0.4) is 0 Å². The predicted molar refractivity (Wildman–Crippen MR) is 234 cm³/mol. The Kier molecular flexibility index (Phi) is 7.03. The van der Waals surface area contributed by atoms with E-state index in [1.807, 2.05) is 84.1 Å². The summed E-state index contributed by atoms with van der Waals surface area (Å²) in [6.07, 6.45) is 0. The summed E-state index contributed by atoms with van der Waals surface area (Å²) in [7, 11) is 0. The summed E-state index contributed by atoms with van der Waals surface area (Å²) in [5, 5.41) is 6.69. The van der Waals surface area contributed by atoms with Crippen LogP contribution >= 0.6 is 11.3 Å². The second-order valence-corrected chi connectivity index (χ2v) is 15.3. The maximum absolute atomic E-state index is 7.01. The van der Waals surface area contributed by atoms with Crippen molar-refractivity contribution in [1.82, 2.24) is 15.0 Å². The molecule has 0 fully saturated rings. The molecule has 0 atom stereocenters. The van der Waals surface area contributed by atoms with Crippen molar-refractivity contribution in [3.05, 3.63) is 176 Å². The summed E-state index contributed by atoms with van der Waals surface area (Å²) >= 11 is 1.83. The highest BCUT2D eigenvalue weighted by molar-refractivity contribution is 7.26. The number of fused-ring (bicyclic) bond motifs is 9.